The summed E-state index contributed by atoms with van der Waals surface area (Å²) < 4.78 is 13.6. The Morgan fingerprint density at radius 1 is 1.20 bits per heavy atom. The van der Waals surface area contributed by atoms with Crippen LogP contribution in [0.5, 0.6) is 0 Å². The van der Waals surface area contributed by atoms with Crippen LogP contribution in [-0.2, 0) is 0 Å². The SMILES string of the molecule is CNC(c1ccccc1F)C(C)(C)NC. The summed E-state index contributed by atoms with van der Waals surface area (Å²) >= 11 is 0. The molecule has 0 bridgehead atoms. The van der Waals surface area contributed by atoms with Crippen molar-refractivity contribution in [1.29, 1.82) is 0 Å². The fourth-order valence-corrected chi connectivity index (χ4v) is 1.76. The Balaban J connectivity index is 3.08. The number of likely N-dealkylation sites (N-methyl/N-ethyl adjacent to an activating group) is 2. The Morgan fingerprint density at radius 3 is 2.27 bits per heavy atom. The van der Waals surface area contributed by atoms with Crippen LogP contribution < -0.4 is 10.6 Å². The molecule has 0 amide bonds. The molecule has 0 saturated carbocycles. The minimum atomic E-state index is -0.197. The molecule has 0 fully saturated rings. The van der Waals surface area contributed by atoms with Crippen molar-refractivity contribution in [2.75, 3.05) is 14.1 Å². The summed E-state index contributed by atoms with van der Waals surface area (Å²) in [6.45, 7) is 4.08. The molecule has 3 heteroatoms. The molecule has 0 aliphatic rings. The van der Waals surface area contributed by atoms with Gasteiger partial charge in [-0.3, -0.25) is 0 Å². The number of benzene rings is 1. The maximum absolute atomic E-state index is 13.6. The highest BCUT2D eigenvalue weighted by atomic mass is 19.1. The normalized spacial score (nSPS) is 13.9. The van der Waals surface area contributed by atoms with Crippen molar-refractivity contribution in [1.82, 2.24) is 10.6 Å². The third kappa shape index (κ3) is 2.55. The van der Waals surface area contributed by atoms with Gasteiger partial charge in [-0.05, 0) is 34.0 Å². The number of hydrogen-bond acceptors (Lipinski definition) is 2. The Hall–Kier alpha value is -0.930. The van der Waals surface area contributed by atoms with Crippen LogP contribution in [0.15, 0.2) is 24.3 Å². The molecule has 15 heavy (non-hydrogen) atoms. The van der Waals surface area contributed by atoms with Gasteiger partial charge in [-0.25, -0.2) is 4.39 Å². The summed E-state index contributed by atoms with van der Waals surface area (Å²) in [7, 11) is 3.72. The zero-order valence-electron chi connectivity index (χ0n) is 9.76. The zero-order chi connectivity index (χ0) is 11.5. The second-order valence-corrected chi connectivity index (χ2v) is 4.21. The van der Waals surface area contributed by atoms with Crippen molar-refractivity contribution >= 4 is 0 Å². The largest absolute Gasteiger partial charge is 0.313 e. The van der Waals surface area contributed by atoms with Crippen LogP contribution in [0.25, 0.3) is 0 Å². The van der Waals surface area contributed by atoms with Gasteiger partial charge in [0.05, 0.1) is 6.04 Å². The first-order valence-corrected chi connectivity index (χ1v) is 5.13. The van der Waals surface area contributed by atoms with Crippen molar-refractivity contribution in [3.05, 3.63) is 35.6 Å². The van der Waals surface area contributed by atoms with Gasteiger partial charge in [-0.2, -0.15) is 0 Å². The molecule has 0 spiro atoms. The molecule has 0 heterocycles. The third-order valence-corrected chi connectivity index (χ3v) is 2.87. The minimum absolute atomic E-state index is 0.0521. The maximum Gasteiger partial charge on any atom is 0.128 e. The van der Waals surface area contributed by atoms with E-state index in [-0.39, 0.29) is 17.4 Å². The molecule has 0 radical (unpaired) electrons. The van der Waals surface area contributed by atoms with Crippen molar-refractivity contribution in [2.24, 2.45) is 0 Å². The number of halogens is 1. The van der Waals surface area contributed by atoms with E-state index in [1.807, 2.05) is 40.1 Å². The Bertz CT molecular complexity index is 323. The van der Waals surface area contributed by atoms with Crippen LogP contribution in [0.4, 0.5) is 4.39 Å². The van der Waals surface area contributed by atoms with Gasteiger partial charge in [-0.1, -0.05) is 18.2 Å². The lowest BCUT2D eigenvalue weighted by Gasteiger charge is -2.34. The predicted molar refractivity (Wildman–Crippen MR) is 61.3 cm³/mol. The van der Waals surface area contributed by atoms with Crippen LogP contribution in [0.2, 0.25) is 0 Å². The first-order chi connectivity index (χ1) is 7.03. The molecular weight excluding hydrogens is 191 g/mol. The highest BCUT2D eigenvalue weighted by Crippen LogP contribution is 2.26. The first kappa shape index (κ1) is 12.1. The molecule has 0 saturated heterocycles. The van der Waals surface area contributed by atoms with E-state index in [0.29, 0.717) is 5.56 Å². The first-order valence-electron chi connectivity index (χ1n) is 5.13. The summed E-state index contributed by atoms with van der Waals surface area (Å²) in [5.41, 5.74) is 0.496. The summed E-state index contributed by atoms with van der Waals surface area (Å²) in [6, 6.07) is 6.82. The van der Waals surface area contributed by atoms with Gasteiger partial charge in [0.25, 0.3) is 0 Å². The Labute approximate surface area is 90.9 Å². The van der Waals surface area contributed by atoms with Crippen molar-refractivity contribution in [3.63, 3.8) is 0 Å². The van der Waals surface area contributed by atoms with Gasteiger partial charge in [0.2, 0.25) is 0 Å². The van der Waals surface area contributed by atoms with Crippen LogP contribution in [0.1, 0.15) is 25.5 Å². The summed E-state index contributed by atoms with van der Waals surface area (Å²) in [4.78, 5) is 0. The third-order valence-electron chi connectivity index (χ3n) is 2.87. The summed E-state index contributed by atoms with van der Waals surface area (Å²) in [5, 5.41) is 6.34. The number of hydrogen-bond donors (Lipinski definition) is 2. The highest BCUT2D eigenvalue weighted by Gasteiger charge is 2.29. The Kier molecular flexibility index (Phi) is 3.83. The smallest absolute Gasteiger partial charge is 0.128 e. The highest BCUT2D eigenvalue weighted by molar-refractivity contribution is 5.24. The van der Waals surface area contributed by atoms with Crippen LogP contribution >= 0.6 is 0 Å². The second kappa shape index (κ2) is 4.73. The molecule has 0 aliphatic heterocycles. The van der Waals surface area contributed by atoms with Gasteiger partial charge in [-0.15, -0.1) is 0 Å². The molecule has 2 N–H and O–H groups in total. The van der Waals surface area contributed by atoms with Crippen LogP contribution in [0.3, 0.4) is 0 Å². The van der Waals surface area contributed by atoms with Crippen LogP contribution in [-0.4, -0.2) is 19.6 Å². The molecule has 0 aromatic heterocycles. The van der Waals surface area contributed by atoms with Crippen molar-refractivity contribution < 1.29 is 4.39 Å². The quantitative estimate of drug-likeness (QED) is 0.795. The van der Waals surface area contributed by atoms with E-state index in [0.717, 1.165) is 0 Å². The standard InChI is InChI=1S/C12H19FN2/c1-12(2,15-4)11(14-3)9-7-5-6-8-10(9)13/h5-8,11,14-15H,1-4H3. The molecule has 1 rings (SSSR count). The van der Waals surface area contributed by atoms with E-state index in [2.05, 4.69) is 10.6 Å². The van der Waals surface area contributed by atoms with E-state index in [1.54, 1.807) is 6.07 Å². The molecule has 1 unspecified atom stereocenters. The van der Waals surface area contributed by atoms with E-state index in [1.165, 1.54) is 6.07 Å². The van der Waals surface area contributed by atoms with Crippen molar-refractivity contribution in [3.8, 4) is 0 Å². The van der Waals surface area contributed by atoms with Gasteiger partial charge < -0.3 is 10.6 Å². The average molecular weight is 210 g/mol. The van der Waals surface area contributed by atoms with Gasteiger partial charge in [0.1, 0.15) is 5.82 Å². The van der Waals surface area contributed by atoms with Gasteiger partial charge in [0.15, 0.2) is 0 Å². The average Bonchev–Trinajstić information content (AvgIpc) is 2.21. The lowest BCUT2D eigenvalue weighted by molar-refractivity contribution is 0.304. The monoisotopic (exact) mass is 210 g/mol. The molecule has 2 nitrogen and oxygen atoms in total. The maximum atomic E-state index is 13.6. The van der Waals surface area contributed by atoms with Crippen molar-refractivity contribution in [2.45, 2.75) is 25.4 Å². The lowest BCUT2D eigenvalue weighted by Crippen LogP contribution is -2.47. The zero-order valence-corrected chi connectivity index (χ0v) is 9.76. The van der Waals surface area contributed by atoms with Crippen LogP contribution in [0, 0.1) is 5.82 Å². The fraction of sp³-hybridized carbons (Fsp3) is 0.500. The summed E-state index contributed by atoms with van der Waals surface area (Å²) in [5.74, 6) is -0.167. The lowest BCUT2D eigenvalue weighted by atomic mass is 9.88. The topological polar surface area (TPSA) is 24.1 Å². The van der Waals surface area contributed by atoms with Gasteiger partial charge >= 0.3 is 0 Å². The van der Waals surface area contributed by atoms with Gasteiger partial charge in [0, 0.05) is 11.1 Å². The number of nitrogens with one attached hydrogen (secondary N) is 2. The molecule has 1 aromatic rings. The molecule has 0 aliphatic carbocycles. The predicted octanol–water partition coefficient (Wildman–Crippen LogP) is 2.08. The summed E-state index contributed by atoms with van der Waals surface area (Å²) in [6.07, 6.45) is 0. The van der Waals surface area contributed by atoms with E-state index >= 15 is 0 Å². The molecule has 84 valence electrons. The Morgan fingerprint density at radius 2 is 1.80 bits per heavy atom. The molecule has 1 aromatic carbocycles. The fourth-order valence-electron chi connectivity index (χ4n) is 1.76. The molecular formula is C12H19FN2. The molecule has 1 atom stereocenters. The second-order valence-electron chi connectivity index (χ2n) is 4.21. The van der Waals surface area contributed by atoms with E-state index in [4.69, 9.17) is 0 Å². The van der Waals surface area contributed by atoms with E-state index in [9.17, 15) is 4.39 Å². The number of rotatable bonds is 4. The minimum Gasteiger partial charge on any atom is -0.313 e. The van der Waals surface area contributed by atoms with E-state index < -0.39 is 0 Å².